The molecule has 0 bridgehead atoms. The van der Waals surface area contributed by atoms with Gasteiger partial charge in [0.05, 0.1) is 30.1 Å². The van der Waals surface area contributed by atoms with Crippen molar-refractivity contribution < 1.29 is 18.7 Å². The molecule has 132 valence electrons. The van der Waals surface area contributed by atoms with E-state index in [4.69, 9.17) is 5.11 Å². The topological polar surface area (TPSA) is 71.2 Å². The van der Waals surface area contributed by atoms with Crippen LogP contribution in [0.3, 0.4) is 0 Å². The van der Waals surface area contributed by atoms with Crippen molar-refractivity contribution in [3.8, 4) is 0 Å². The number of aromatic nitrogens is 3. The van der Waals surface area contributed by atoms with Crippen molar-refractivity contribution in [3.63, 3.8) is 0 Å². The predicted octanol–water partition coefficient (Wildman–Crippen LogP) is 2.34. The lowest BCUT2D eigenvalue weighted by atomic mass is 10.1. The fourth-order valence-corrected chi connectivity index (χ4v) is 3.66. The number of halogens is 2. The average Bonchev–Trinajstić information content (AvgIpc) is 3.01. The molecule has 2 aromatic rings. The molecule has 8 heteroatoms. The van der Waals surface area contributed by atoms with E-state index < -0.39 is 23.7 Å². The van der Waals surface area contributed by atoms with E-state index >= 15 is 0 Å². The standard InChI is InChI=1S/C17H18F2N4O2/c1-9-3-15(22-7-13-14(8-22)17(13,18)19)21-10(2)12(9)6-23-5-11(4-20-23)16(24)25/h3-5,13-14H,6-8H2,1-2H3,(H,24,25). The van der Waals surface area contributed by atoms with Crippen LogP contribution in [0.4, 0.5) is 14.6 Å². The van der Waals surface area contributed by atoms with E-state index in [2.05, 4.69) is 10.1 Å². The Morgan fingerprint density at radius 2 is 2.04 bits per heavy atom. The Kier molecular flexibility index (Phi) is 3.35. The van der Waals surface area contributed by atoms with E-state index in [1.807, 2.05) is 24.8 Å². The molecule has 4 rings (SSSR count). The minimum absolute atomic E-state index is 0.136. The number of aryl methyl sites for hydroxylation is 2. The van der Waals surface area contributed by atoms with E-state index in [1.54, 1.807) is 4.68 Å². The summed E-state index contributed by atoms with van der Waals surface area (Å²) in [5.41, 5.74) is 2.88. The zero-order valence-corrected chi connectivity index (χ0v) is 13.9. The number of carbonyl (C=O) groups is 1. The predicted molar refractivity (Wildman–Crippen MR) is 86.1 cm³/mol. The SMILES string of the molecule is Cc1cc(N2CC3C(C2)C3(F)F)nc(C)c1Cn1cc(C(=O)O)cn1. The van der Waals surface area contributed by atoms with Gasteiger partial charge in [0, 0.05) is 25.0 Å². The summed E-state index contributed by atoms with van der Waals surface area (Å²) >= 11 is 0. The maximum absolute atomic E-state index is 13.4. The summed E-state index contributed by atoms with van der Waals surface area (Å²) in [5.74, 6) is -3.85. The molecule has 0 spiro atoms. The molecule has 2 unspecified atom stereocenters. The average molecular weight is 348 g/mol. The summed E-state index contributed by atoms with van der Waals surface area (Å²) in [6, 6.07) is 1.91. The van der Waals surface area contributed by atoms with Gasteiger partial charge >= 0.3 is 5.97 Å². The largest absolute Gasteiger partial charge is 0.478 e. The number of rotatable bonds is 4. The first-order valence-electron chi connectivity index (χ1n) is 8.13. The van der Waals surface area contributed by atoms with Gasteiger partial charge in [0.1, 0.15) is 5.82 Å². The third-order valence-corrected chi connectivity index (χ3v) is 5.26. The van der Waals surface area contributed by atoms with Gasteiger partial charge in [-0.3, -0.25) is 4.68 Å². The summed E-state index contributed by atoms with van der Waals surface area (Å²) < 4.78 is 28.3. The molecule has 1 aliphatic carbocycles. The summed E-state index contributed by atoms with van der Waals surface area (Å²) in [5, 5.41) is 13.0. The number of fused-ring (bicyclic) bond motifs is 1. The lowest BCUT2D eigenvalue weighted by molar-refractivity contribution is 0.0696. The number of carboxylic acids is 1. The second kappa shape index (κ2) is 5.24. The quantitative estimate of drug-likeness (QED) is 0.918. The fraction of sp³-hybridized carbons (Fsp3) is 0.471. The van der Waals surface area contributed by atoms with Crippen LogP contribution in [0.15, 0.2) is 18.5 Å². The highest BCUT2D eigenvalue weighted by atomic mass is 19.3. The number of anilines is 1. The van der Waals surface area contributed by atoms with Gasteiger partial charge < -0.3 is 10.0 Å². The summed E-state index contributed by atoms with van der Waals surface area (Å²) in [6.07, 6.45) is 2.79. The molecule has 25 heavy (non-hydrogen) atoms. The molecule has 0 radical (unpaired) electrons. The van der Waals surface area contributed by atoms with Crippen LogP contribution in [0.5, 0.6) is 0 Å². The van der Waals surface area contributed by atoms with E-state index in [9.17, 15) is 13.6 Å². The zero-order chi connectivity index (χ0) is 17.9. The number of hydrogen-bond donors (Lipinski definition) is 1. The van der Waals surface area contributed by atoms with Crippen LogP contribution in [-0.2, 0) is 6.54 Å². The molecular weight excluding hydrogens is 330 g/mol. The second-order valence-corrected chi connectivity index (χ2v) is 6.89. The Bertz CT molecular complexity index is 827. The van der Waals surface area contributed by atoms with E-state index in [-0.39, 0.29) is 5.56 Å². The van der Waals surface area contributed by atoms with E-state index in [0.29, 0.717) is 19.6 Å². The molecule has 1 saturated heterocycles. The minimum Gasteiger partial charge on any atom is -0.478 e. The van der Waals surface area contributed by atoms with Crippen LogP contribution in [0, 0.1) is 25.7 Å². The molecule has 1 saturated carbocycles. The van der Waals surface area contributed by atoms with Gasteiger partial charge in [-0.1, -0.05) is 0 Å². The molecule has 2 atom stereocenters. The zero-order valence-electron chi connectivity index (χ0n) is 13.9. The highest BCUT2D eigenvalue weighted by molar-refractivity contribution is 5.86. The van der Waals surface area contributed by atoms with Gasteiger partial charge in [-0.15, -0.1) is 0 Å². The van der Waals surface area contributed by atoms with Gasteiger partial charge in [-0.2, -0.15) is 5.10 Å². The van der Waals surface area contributed by atoms with Crippen molar-refractivity contribution in [2.45, 2.75) is 26.3 Å². The van der Waals surface area contributed by atoms with Crippen molar-refractivity contribution in [1.82, 2.24) is 14.8 Å². The summed E-state index contributed by atoms with van der Waals surface area (Å²) in [4.78, 5) is 17.4. The minimum atomic E-state index is -2.50. The number of alkyl halides is 2. The number of nitrogens with zero attached hydrogens (tertiary/aromatic N) is 4. The highest BCUT2D eigenvalue weighted by Crippen LogP contribution is 2.59. The van der Waals surface area contributed by atoms with Crippen molar-refractivity contribution >= 4 is 11.8 Å². The van der Waals surface area contributed by atoms with E-state index in [0.717, 1.165) is 22.6 Å². The Balaban J connectivity index is 1.53. The second-order valence-electron chi connectivity index (χ2n) is 6.89. The summed E-state index contributed by atoms with van der Waals surface area (Å²) in [6.45, 7) is 4.94. The molecule has 3 heterocycles. The first kappa shape index (κ1) is 16.0. The number of aromatic carboxylic acids is 1. The van der Waals surface area contributed by atoms with Crippen LogP contribution >= 0.6 is 0 Å². The molecule has 0 aromatic carbocycles. The highest BCUT2D eigenvalue weighted by Gasteiger charge is 2.71. The molecular formula is C17H18F2N4O2. The maximum Gasteiger partial charge on any atom is 0.338 e. The third-order valence-electron chi connectivity index (χ3n) is 5.26. The lowest BCUT2D eigenvalue weighted by Crippen LogP contribution is -2.28. The Hall–Kier alpha value is -2.51. The van der Waals surface area contributed by atoms with Gasteiger partial charge in [-0.25, -0.2) is 18.6 Å². The Labute approximate surface area is 143 Å². The molecule has 1 N–H and O–H groups in total. The van der Waals surface area contributed by atoms with Crippen molar-refractivity contribution in [2.75, 3.05) is 18.0 Å². The van der Waals surface area contributed by atoms with E-state index in [1.165, 1.54) is 12.4 Å². The fourth-order valence-electron chi connectivity index (χ4n) is 3.66. The van der Waals surface area contributed by atoms with Gasteiger partial charge in [0.2, 0.25) is 0 Å². The van der Waals surface area contributed by atoms with Crippen LogP contribution < -0.4 is 4.90 Å². The molecule has 1 aliphatic heterocycles. The molecule has 2 aliphatic rings. The Morgan fingerprint density at radius 1 is 1.36 bits per heavy atom. The third kappa shape index (κ3) is 2.56. The number of pyridine rings is 1. The molecule has 0 amide bonds. The van der Waals surface area contributed by atoms with Gasteiger partial charge in [0.15, 0.2) is 0 Å². The number of carboxylic acid groups (broad SMARTS) is 1. The van der Waals surface area contributed by atoms with Crippen molar-refractivity contribution in [2.24, 2.45) is 11.8 Å². The Morgan fingerprint density at radius 3 is 2.60 bits per heavy atom. The first-order chi connectivity index (χ1) is 11.8. The van der Waals surface area contributed by atoms with Crippen molar-refractivity contribution in [3.05, 3.63) is 40.8 Å². The van der Waals surface area contributed by atoms with Crippen molar-refractivity contribution in [1.29, 1.82) is 0 Å². The first-order valence-corrected chi connectivity index (χ1v) is 8.13. The smallest absolute Gasteiger partial charge is 0.338 e. The lowest BCUT2D eigenvalue weighted by Gasteiger charge is -2.23. The molecule has 2 fully saturated rings. The van der Waals surface area contributed by atoms with Crippen LogP contribution in [0.2, 0.25) is 0 Å². The summed E-state index contributed by atoms with van der Waals surface area (Å²) in [7, 11) is 0. The van der Waals surface area contributed by atoms with Crippen LogP contribution in [-0.4, -0.2) is 44.9 Å². The molecule has 6 nitrogen and oxygen atoms in total. The van der Waals surface area contributed by atoms with Crippen LogP contribution in [0.25, 0.3) is 0 Å². The number of hydrogen-bond acceptors (Lipinski definition) is 4. The monoisotopic (exact) mass is 348 g/mol. The van der Waals surface area contributed by atoms with Crippen LogP contribution in [0.1, 0.15) is 27.2 Å². The number of piperidine rings is 1. The maximum atomic E-state index is 13.4. The van der Waals surface area contributed by atoms with Gasteiger partial charge in [-0.05, 0) is 31.0 Å². The normalized spacial score (nSPS) is 23.6. The molecule has 2 aromatic heterocycles. The van der Waals surface area contributed by atoms with Gasteiger partial charge in [0.25, 0.3) is 5.92 Å².